The summed E-state index contributed by atoms with van der Waals surface area (Å²) in [6.45, 7) is 1.77. The minimum absolute atomic E-state index is 0.0502. The van der Waals surface area contributed by atoms with E-state index in [9.17, 15) is 8.42 Å². The average molecular weight is 327 g/mol. The molecule has 0 amide bonds. The number of benzene rings is 1. The van der Waals surface area contributed by atoms with Crippen LogP contribution in [0.5, 0.6) is 5.75 Å². The fraction of sp³-hybridized carbons (Fsp3) is 0.214. The van der Waals surface area contributed by atoms with E-state index in [1.807, 2.05) is 0 Å². The molecular formula is C14H15ClN2O3S. The maximum Gasteiger partial charge on any atom is 0.186 e. The number of anilines is 1. The lowest BCUT2D eigenvalue weighted by atomic mass is 10.3. The highest BCUT2D eigenvalue weighted by Crippen LogP contribution is 2.26. The van der Waals surface area contributed by atoms with Gasteiger partial charge in [0.05, 0.1) is 29.1 Å². The lowest BCUT2D eigenvalue weighted by Crippen LogP contribution is -2.09. The smallest absolute Gasteiger partial charge is 0.186 e. The second kappa shape index (κ2) is 5.91. The topological polar surface area (TPSA) is 82.3 Å². The van der Waals surface area contributed by atoms with Crippen molar-refractivity contribution in [3.63, 3.8) is 0 Å². The molecular weight excluding hydrogens is 312 g/mol. The van der Waals surface area contributed by atoms with Crippen molar-refractivity contribution in [2.45, 2.75) is 17.6 Å². The number of sulfone groups is 1. The molecule has 0 aliphatic carbocycles. The Morgan fingerprint density at radius 1 is 1.29 bits per heavy atom. The van der Waals surface area contributed by atoms with E-state index in [1.165, 1.54) is 25.3 Å². The second-order valence-electron chi connectivity index (χ2n) is 4.58. The SMILES string of the molecule is COc1cc(C)nc(CS(=O)(=O)c2ccc(Cl)cc2N)c1. The highest BCUT2D eigenvalue weighted by molar-refractivity contribution is 7.90. The third-order valence-electron chi connectivity index (χ3n) is 2.86. The summed E-state index contributed by atoms with van der Waals surface area (Å²) in [5, 5.41) is 0.391. The van der Waals surface area contributed by atoms with E-state index in [-0.39, 0.29) is 16.3 Å². The summed E-state index contributed by atoms with van der Waals surface area (Å²) >= 11 is 5.78. The molecule has 0 saturated heterocycles. The van der Waals surface area contributed by atoms with Crippen molar-refractivity contribution >= 4 is 27.1 Å². The van der Waals surface area contributed by atoms with E-state index in [0.29, 0.717) is 22.2 Å². The molecule has 0 spiro atoms. The van der Waals surface area contributed by atoms with Crippen molar-refractivity contribution in [3.8, 4) is 5.75 Å². The Bertz CT molecular complexity index is 776. The molecule has 0 atom stereocenters. The van der Waals surface area contributed by atoms with Crippen LogP contribution in [0.3, 0.4) is 0 Å². The largest absolute Gasteiger partial charge is 0.497 e. The summed E-state index contributed by atoms with van der Waals surface area (Å²) in [6.07, 6.45) is 0. The van der Waals surface area contributed by atoms with Gasteiger partial charge in [-0.15, -0.1) is 0 Å². The fourth-order valence-corrected chi connectivity index (χ4v) is 3.54. The van der Waals surface area contributed by atoms with Gasteiger partial charge in [-0.05, 0) is 25.1 Å². The summed E-state index contributed by atoms with van der Waals surface area (Å²) in [5.41, 5.74) is 6.95. The Hall–Kier alpha value is -1.79. The summed E-state index contributed by atoms with van der Waals surface area (Å²) in [7, 11) is -2.09. The Morgan fingerprint density at radius 3 is 2.62 bits per heavy atom. The Morgan fingerprint density at radius 2 is 2.00 bits per heavy atom. The normalized spacial score (nSPS) is 11.4. The van der Waals surface area contributed by atoms with E-state index in [1.54, 1.807) is 19.1 Å². The van der Waals surface area contributed by atoms with Crippen LogP contribution in [0, 0.1) is 6.92 Å². The van der Waals surface area contributed by atoms with Crippen molar-refractivity contribution in [2.24, 2.45) is 0 Å². The molecule has 2 N–H and O–H groups in total. The van der Waals surface area contributed by atoms with Gasteiger partial charge in [0.15, 0.2) is 9.84 Å². The third-order valence-corrected chi connectivity index (χ3v) is 4.81. The van der Waals surface area contributed by atoms with Gasteiger partial charge in [-0.25, -0.2) is 8.42 Å². The van der Waals surface area contributed by atoms with Crippen LogP contribution in [0.15, 0.2) is 35.2 Å². The van der Waals surface area contributed by atoms with Gasteiger partial charge in [-0.2, -0.15) is 0 Å². The van der Waals surface area contributed by atoms with Gasteiger partial charge in [-0.3, -0.25) is 4.98 Å². The molecule has 1 aromatic heterocycles. The van der Waals surface area contributed by atoms with Crippen molar-refractivity contribution in [2.75, 3.05) is 12.8 Å². The quantitative estimate of drug-likeness (QED) is 0.873. The number of aryl methyl sites for hydroxylation is 1. The van der Waals surface area contributed by atoms with Crippen LogP contribution < -0.4 is 10.5 Å². The molecule has 5 nitrogen and oxygen atoms in total. The molecule has 7 heteroatoms. The number of rotatable bonds is 4. The van der Waals surface area contributed by atoms with E-state index in [4.69, 9.17) is 22.1 Å². The zero-order valence-corrected chi connectivity index (χ0v) is 13.2. The monoisotopic (exact) mass is 326 g/mol. The predicted octanol–water partition coefficient (Wildman–Crippen LogP) is 2.61. The van der Waals surface area contributed by atoms with Crippen molar-refractivity contribution in [1.82, 2.24) is 4.98 Å². The number of methoxy groups -OCH3 is 1. The number of nitrogens with zero attached hydrogens (tertiary/aromatic N) is 1. The molecule has 0 fully saturated rings. The van der Waals surface area contributed by atoms with Crippen LogP contribution in [-0.2, 0) is 15.6 Å². The molecule has 0 aliphatic heterocycles. The third kappa shape index (κ3) is 3.65. The van der Waals surface area contributed by atoms with Crippen LogP contribution in [0.4, 0.5) is 5.69 Å². The first-order valence-corrected chi connectivity index (χ1v) is 8.14. The first kappa shape index (κ1) is 15.6. The second-order valence-corrected chi connectivity index (χ2v) is 6.98. The molecule has 2 rings (SSSR count). The first-order valence-electron chi connectivity index (χ1n) is 6.11. The van der Waals surface area contributed by atoms with Crippen molar-refractivity contribution in [1.29, 1.82) is 0 Å². The van der Waals surface area contributed by atoms with Gasteiger partial charge in [0.25, 0.3) is 0 Å². The predicted molar refractivity (Wildman–Crippen MR) is 82.3 cm³/mol. The lowest BCUT2D eigenvalue weighted by molar-refractivity contribution is 0.413. The van der Waals surface area contributed by atoms with Gasteiger partial charge < -0.3 is 10.5 Å². The van der Waals surface area contributed by atoms with Crippen molar-refractivity contribution in [3.05, 3.63) is 46.7 Å². The van der Waals surface area contributed by atoms with Gasteiger partial charge >= 0.3 is 0 Å². The van der Waals surface area contributed by atoms with Crippen molar-refractivity contribution < 1.29 is 13.2 Å². The molecule has 2 aromatic rings. The average Bonchev–Trinajstić information content (AvgIpc) is 2.36. The van der Waals surface area contributed by atoms with Gasteiger partial charge in [0.1, 0.15) is 5.75 Å². The summed E-state index contributed by atoms with van der Waals surface area (Å²) in [5.74, 6) is 0.313. The minimum Gasteiger partial charge on any atom is -0.497 e. The Kier molecular flexibility index (Phi) is 4.39. The summed E-state index contributed by atoms with van der Waals surface area (Å²) in [6, 6.07) is 7.64. The maximum absolute atomic E-state index is 12.4. The minimum atomic E-state index is -3.60. The first-order chi connectivity index (χ1) is 9.81. The lowest BCUT2D eigenvalue weighted by Gasteiger charge is -2.09. The fourth-order valence-electron chi connectivity index (χ4n) is 1.97. The van der Waals surface area contributed by atoms with E-state index in [2.05, 4.69) is 4.98 Å². The van der Waals surface area contributed by atoms with Crippen LogP contribution in [0.25, 0.3) is 0 Å². The zero-order chi connectivity index (χ0) is 15.6. The van der Waals surface area contributed by atoms with Crippen LogP contribution >= 0.6 is 11.6 Å². The number of ether oxygens (including phenoxy) is 1. The number of pyridine rings is 1. The number of nitrogens with two attached hydrogens (primary N) is 1. The molecule has 0 saturated carbocycles. The summed E-state index contributed by atoms with van der Waals surface area (Å²) < 4.78 is 30.0. The molecule has 1 aromatic carbocycles. The highest BCUT2D eigenvalue weighted by atomic mass is 35.5. The van der Waals surface area contributed by atoms with Gasteiger partial charge in [0.2, 0.25) is 0 Å². The number of hydrogen-bond acceptors (Lipinski definition) is 5. The van der Waals surface area contributed by atoms with Crippen LogP contribution in [0.2, 0.25) is 5.02 Å². The Balaban J connectivity index is 2.39. The number of halogens is 1. The van der Waals surface area contributed by atoms with Gasteiger partial charge in [0, 0.05) is 22.8 Å². The number of hydrogen-bond donors (Lipinski definition) is 1. The molecule has 0 bridgehead atoms. The molecule has 0 unspecified atom stereocenters. The molecule has 21 heavy (non-hydrogen) atoms. The Labute approximate surface area is 128 Å². The molecule has 112 valence electrons. The van der Waals surface area contributed by atoms with E-state index in [0.717, 1.165) is 0 Å². The molecule has 0 radical (unpaired) electrons. The summed E-state index contributed by atoms with van der Waals surface area (Å²) in [4.78, 5) is 4.26. The maximum atomic E-state index is 12.4. The highest BCUT2D eigenvalue weighted by Gasteiger charge is 2.20. The zero-order valence-electron chi connectivity index (χ0n) is 11.6. The van der Waals surface area contributed by atoms with Crippen LogP contribution in [-0.4, -0.2) is 20.5 Å². The number of nitrogen functional groups attached to an aromatic ring is 1. The van der Waals surface area contributed by atoms with Crippen LogP contribution in [0.1, 0.15) is 11.4 Å². The standard InChI is InChI=1S/C14H15ClN2O3S/c1-9-5-12(20-2)7-11(17-9)8-21(18,19)14-4-3-10(15)6-13(14)16/h3-7H,8,16H2,1-2H3. The molecule has 0 aliphatic rings. The van der Waals surface area contributed by atoms with E-state index < -0.39 is 9.84 Å². The number of aromatic nitrogens is 1. The molecule has 1 heterocycles. The van der Waals surface area contributed by atoms with Gasteiger partial charge in [-0.1, -0.05) is 11.6 Å². The van der Waals surface area contributed by atoms with E-state index >= 15 is 0 Å².